The first-order chi connectivity index (χ1) is 9.52. The van der Waals surface area contributed by atoms with Crippen LogP contribution in [0.25, 0.3) is 0 Å². The molecule has 1 heterocycles. The second kappa shape index (κ2) is 5.52. The van der Waals surface area contributed by atoms with E-state index in [0.29, 0.717) is 5.75 Å². The zero-order chi connectivity index (χ0) is 14.7. The maximum atomic E-state index is 11.1. The summed E-state index contributed by atoms with van der Waals surface area (Å²) in [6.45, 7) is 3.83. The molecular formula is C13H14N4O3. The predicted octanol–water partition coefficient (Wildman–Crippen LogP) is 2.84. The Morgan fingerprint density at radius 1 is 1.30 bits per heavy atom. The van der Waals surface area contributed by atoms with Crippen LogP contribution in [0.4, 0.5) is 11.5 Å². The fourth-order valence-corrected chi connectivity index (χ4v) is 1.80. The highest BCUT2D eigenvalue weighted by Crippen LogP contribution is 2.34. The number of aromatic nitrogens is 2. The van der Waals surface area contributed by atoms with Gasteiger partial charge in [0.25, 0.3) is 0 Å². The summed E-state index contributed by atoms with van der Waals surface area (Å²) in [5.41, 5.74) is 1.68. The third-order valence-corrected chi connectivity index (χ3v) is 2.75. The van der Waals surface area contributed by atoms with Crippen molar-refractivity contribution in [1.82, 2.24) is 9.97 Å². The van der Waals surface area contributed by atoms with Crippen LogP contribution >= 0.6 is 0 Å². The number of anilines is 1. The van der Waals surface area contributed by atoms with Gasteiger partial charge < -0.3 is 10.1 Å². The second-order valence-corrected chi connectivity index (χ2v) is 4.25. The van der Waals surface area contributed by atoms with Gasteiger partial charge in [-0.3, -0.25) is 10.1 Å². The molecule has 0 saturated carbocycles. The first-order valence-electron chi connectivity index (χ1n) is 5.95. The lowest BCUT2D eigenvalue weighted by Crippen LogP contribution is -2.03. The molecule has 0 aliphatic carbocycles. The van der Waals surface area contributed by atoms with Crippen molar-refractivity contribution in [2.45, 2.75) is 13.8 Å². The van der Waals surface area contributed by atoms with Gasteiger partial charge in [0.15, 0.2) is 0 Å². The summed E-state index contributed by atoms with van der Waals surface area (Å²) >= 11 is 0. The zero-order valence-corrected chi connectivity index (χ0v) is 11.4. The van der Waals surface area contributed by atoms with Gasteiger partial charge in [-0.2, -0.15) is 4.98 Å². The third kappa shape index (κ3) is 2.66. The second-order valence-electron chi connectivity index (χ2n) is 4.25. The van der Waals surface area contributed by atoms with Crippen LogP contribution in [0, 0.1) is 24.0 Å². The van der Waals surface area contributed by atoms with Crippen LogP contribution in [0.15, 0.2) is 24.5 Å². The molecule has 0 bridgehead atoms. The quantitative estimate of drug-likeness (QED) is 0.681. The lowest BCUT2D eigenvalue weighted by molar-refractivity contribution is -0.385. The van der Waals surface area contributed by atoms with Crippen LogP contribution in [0.2, 0.25) is 0 Å². The van der Waals surface area contributed by atoms with Gasteiger partial charge in [0, 0.05) is 7.05 Å². The molecule has 1 N–H and O–H groups in total. The Bertz CT molecular complexity index is 658. The van der Waals surface area contributed by atoms with Gasteiger partial charge >= 0.3 is 11.6 Å². The van der Waals surface area contributed by atoms with E-state index in [1.165, 1.54) is 6.33 Å². The van der Waals surface area contributed by atoms with Crippen molar-refractivity contribution in [1.29, 1.82) is 0 Å². The molecule has 0 unspecified atom stereocenters. The molecule has 0 aliphatic rings. The molecule has 0 fully saturated rings. The smallest absolute Gasteiger partial charge is 0.373 e. The Morgan fingerprint density at radius 3 is 2.65 bits per heavy atom. The molecule has 20 heavy (non-hydrogen) atoms. The summed E-state index contributed by atoms with van der Waals surface area (Å²) in [6.07, 6.45) is 1.22. The van der Waals surface area contributed by atoms with E-state index in [-0.39, 0.29) is 17.4 Å². The number of aryl methyl sites for hydroxylation is 2. The van der Waals surface area contributed by atoms with Gasteiger partial charge in [0.2, 0.25) is 5.82 Å². The van der Waals surface area contributed by atoms with E-state index >= 15 is 0 Å². The summed E-state index contributed by atoms with van der Waals surface area (Å²) in [4.78, 5) is 18.2. The van der Waals surface area contributed by atoms with E-state index < -0.39 is 4.92 Å². The average Bonchev–Trinajstić information content (AvgIpc) is 2.41. The van der Waals surface area contributed by atoms with Crippen molar-refractivity contribution in [3.63, 3.8) is 0 Å². The van der Waals surface area contributed by atoms with Gasteiger partial charge in [-0.25, -0.2) is 4.98 Å². The summed E-state index contributed by atoms with van der Waals surface area (Å²) in [5.74, 6) is 0.561. The number of benzene rings is 1. The van der Waals surface area contributed by atoms with Crippen molar-refractivity contribution >= 4 is 11.5 Å². The Morgan fingerprint density at radius 2 is 2.05 bits per heavy atom. The summed E-state index contributed by atoms with van der Waals surface area (Å²) < 4.78 is 5.57. The van der Waals surface area contributed by atoms with Crippen molar-refractivity contribution in [3.8, 4) is 11.6 Å². The number of rotatable bonds is 4. The first-order valence-corrected chi connectivity index (χ1v) is 5.95. The average molecular weight is 274 g/mol. The van der Waals surface area contributed by atoms with Crippen LogP contribution in [0.1, 0.15) is 11.1 Å². The Balaban J connectivity index is 2.45. The molecule has 2 rings (SSSR count). The Labute approximate surface area is 115 Å². The fourth-order valence-electron chi connectivity index (χ4n) is 1.80. The number of hydrogen-bond donors (Lipinski definition) is 1. The molecule has 0 saturated heterocycles. The summed E-state index contributed by atoms with van der Waals surface area (Å²) in [7, 11) is 1.55. The van der Waals surface area contributed by atoms with Crippen molar-refractivity contribution in [2.24, 2.45) is 0 Å². The van der Waals surface area contributed by atoms with Crippen LogP contribution in [-0.4, -0.2) is 21.9 Å². The number of nitrogens with zero attached hydrogens (tertiary/aromatic N) is 3. The highest BCUT2D eigenvalue weighted by molar-refractivity contribution is 5.61. The van der Waals surface area contributed by atoms with E-state index in [0.717, 1.165) is 11.1 Å². The Kier molecular flexibility index (Phi) is 3.79. The van der Waals surface area contributed by atoms with E-state index in [4.69, 9.17) is 4.74 Å². The van der Waals surface area contributed by atoms with Gasteiger partial charge in [-0.1, -0.05) is 17.7 Å². The van der Waals surface area contributed by atoms with Gasteiger partial charge in [0.1, 0.15) is 12.1 Å². The minimum absolute atomic E-state index is 0.0821. The number of ether oxygens (including phenoxy) is 1. The monoisotopic (exact) mass is 274 g/mol. The molecule has 0 amide bonds. The first kappa shape index (κ1) is 13.7. The van der Waals surface area contributed by atoms with Crippen molar-refractivity contribution in [3.05, 3.63) is 45.8 Å². The lowest BCUT2D eigenvalue weighted by atomic mass is 10.1. The topological polar surface area (TPSA) is 90.2 Å². The van der Waals surface area contributed by atoms with Gasteiger partial charge in [-0.05, 0) is 25.5 Å². The molecule has 0 radical (unpaired) electrons. The van der Waals surface area contributed by atoms with Crippen LogP contribution in [-0.2, 0) is 0 Å². The van der Waals surface area contributed by atoms with Crippen molar-refractivity contribution in [2.75, 3.05) is 12.4 Å². The molecular weight excluding hydrogens is 260 g/mol. The molecule has 1 aromatic carbocycles. The molecule has 7 heteroatoms. The molecule has 0 spiro atoms. The lowest BCUT2D eigenvalue weighted by Gasteiger charge is -2.09. The molecule has 7 nitrogen and oxygen atoms in total. The normalized spacial score (nSPS) is 10.2. The minimum Gasteiger partial charge on any atom is -0.433 e. The molecule has 2 aromatic rings. The van der Waals surface area contributed by atoms with E-state index in [2.05, 4.69) is 15.3 Å². The SMILES string of the molecule is CNc1ncnc(Oc2ccc(C)cc2C)c1[N+](=O)[O-]. The fraction of sp³-hybridized carbons (Fsp3) is 0.231. The summed E-state index contributed by atoms with van der Waals surface area (Å²) in [6, 6.07) is 5.56. The molecule has 104 valence electrons. The van der Waals surface area contributed by atoms with E-state index in [1.807, 2.05) is 26.0 Å². The molecule has 1 aromatic heterocycles. The third-order valence-electron chi connectivity index (χ3n) is 2.75. The predicted molar refractivity (Wildman–Crippen MR) is 74.2 cm³/mol. The standard InChI is InChI=1S/C13H14N4O3/c1-8-4-5-10(9(2)6-8)20-13-11(17(18)19)12(14-3)15-7-16-13/h4-7H,1-3H3,(H,14,15,16). The maximum Gasteiger partial charge on any atom is 0.373 e. The van der Waals surface area contributed by atoms with Gasteiger partial charge in [-0.15, -0.1) is 0 Å². The van der Waals surface area contributed by atoms with Crippen molar-refractivity contribution < 1.29 is 9.66 Å². The Hall–Kier alpha value is -2.70. The summed E-state index contributed by atoms with van der Waals surface area (Å²) in [5, 5.41) is 13.8. The van der Waals surface area contributed by atoms with Crippen LogP contribution in [0.5, 0.6) is 11.6 Å². The molecule has 0 atom stereocenters. The highest BCUT2D eigenvalue weighted by atomic mass is 16.6. The van der Waals surface area contributed by atoms with E-state index in [9.17, 15) is 10.1 Å². The number of hydrogen-bond acceptors (Lipinski definition) is 6. The van der Waals surface area contributed by atoms with E-state index in [1.54, 1.807) is 13.1 Å². The van der Waals surface area contributed by atoms with Gasteiger partial charge in [0.05, 0.1) is 4.92 Å². The minimum atomic E-state index is -0.565. The molecule has 0 aliphatic heterocycles. The number of nitrogens with one attached hydrogen (secondary N) is 1. The highest BCUT2D eigenvalue weighted by Gasteiger charge is 2.24. The zero-order valence-electron chi connectivity index (χ0n) is 11.4. The van der Waals surface area contributed by atoms with Crippen LogP contribution < -0.4 is 10.1 Å². The number of nitro groups is 1. The van der Waals surface area contributed by atoms with Crippen LogP contribution in [0.3, 0.4) is 0 Å². The maximum absolute atomic E-state index is 11.1. The largest absolute Gasteiger partial charge is 0.433 e.